The van der Waals surface area contributed by atoms with Crippen LogP contribution in [0, 0.1) is 11.7 Å². The van der Waals surface area contributed by atoms with Crippen molar-refractivity contribution < 1.29 is 9.50 Å². The van der Waals surface area contributed by atoms with Crippen LogP contribution in [0.2, 0.25) is 0 Å². The Balaban J connectivity index is 1.39. The molecule has 0 spiro atoms. The van der Waals surface area contributed by atoms with E-state index in [2.05, 4.69) is 50.7 Å². The Morgan fingerprint density at radius 1 is 1.21 bits per heavy atom. The molecule has 0 amide bonds. The molecule has 1 aromatic heterocycles. The lowest BCUT2D eigenvalue weighted by atomic mass is 9.66. The molecule has 0 radical (unpaired) electrons. The van der Waals surface area contributed by atoms with Gasteiger partial charge >= 0.3 is 0 Å². The van der Waals surface area contributed by atoms with Gasteiger partial charge in [-0.05, 0) is 80.6 Å². The van der Waals surface area contributed by atoms with Crippen LogP contribution in [0.15, 0.2) is 42.5 Å². The van der Waals surface area contributed by atoms with Crippen LogP contribution in [-0.2, 0) is 11.8 Å². The van der Waals surface area contributed by atoms with E-state index < -0.39 is 5.60 Å². The molecule has 2 aromatic carbocycles. The first-order valence-corrected chi connectivity index (χ1v) is 12.2. The van der Waals surface area contributed by atoms with Crippen molar-refractivity contribution in [1.29, 1.82) is 0 Å². The predicted octanol–water partition coefficient (Wildman–Crippen LogP) is 5.81. The van der Waals surface area contributed by atoms with Gasteiger partial charge < -0.3 is 15.0 Å². The van der Waals surface area contributed by atoms with Crippen LogP contribution < -0.4 is 0 Å². The van der Waals surface area contributed by atoms with Gasteiger partial charge in [0.05, 0.1) is 16.6 Å². The molecule has 33 heavy (non-hydrogen) atoms. The maximum absolute atomic E-state index is 13.8. The van der Waals surface area contributed by atoms with Crippen molar-refractivity contribution in [3.63, 3.8) is 0 Å². The predicted molar refractivity (Wildman–Crippen MR) is 133 cm³/mol. The zero-order valence-electron chi connectivity index (χ0n) is 20.7. The largest absolute Gasteiger partial charge is 0.389 e. The van der Waals surface area contributed by atoms with Gasteiger partial charge in [-0.2, -0.15) is 0 Å². The minimum atomic E-state index is -0.762. The third kappa shape index (κ3) is 4.99. The van der Waals surface area contributed by atoms with E-state index in [0.29, 0.717) is 12.8 Å². The molecule has 1 heterocycles. The van der Waals surface area contributed by atoms with Gasteiger partial charge in [-0.3, -0.25) is 0 Å². The molecule has 1 unspecified atom stereocenters. The number of halogens is 1. The number of aliphatic hydroxyl groups is 1. The summed E-state index contributed by atoms with van der Waals surface area (Å²) in [5.41, 5.74) is 3.43. The highest BCUT2D eigenvalue weighted by Gasteiger charge is 2.43. The molecule has 0 bridgehead atoms. The van der Waals surface area contributed by atoms with E-state index in [1.807, 2.05) is 24.3 Å². The monoisotopic (exact) mass is 451 g/mol. The molecule has 1 aliphatic rings. The lowest BCUT2D eigenvalue weighted by Crippen LogP contribution is -2.45. The zero-order valence-corrected chi connectivity index (χ0v) is 20.7. The first-order chi connectivity index (χ1) is 15.6. The number of benzene rings is 2. The number of aromatic nitrogens is 2. The molecule has 5 heteroatoms. The van der Waals surface area contributed by atoms with Gasteiger partial charge in [0.15, 0.2) is 0 Å². The average Bonchev–Trinajstić information content (AvgIpc) is 3.22. The van der Waals surface area contributed by atoms with Gasteiger partial charge in [0.25, 0.3) is 0 Å². The number of nitrogens with zero attached hydrogens (tertiary/aromatic N) is 2. The van der Waals surface area contributed by atoms with Crippen molar-refractivity contribution in [2.75, 3.05) is 20.1 Å². The van der Waals surface area contributed by atoms with Crippen molar-refractivity contribution in [2.24, 2.45) is 5.92 Å². The molecule has 0 saturated heterocycles. The molecule has 1 aliphatic carbocycles. The van der Waals surface area contributed by atoms with Gasteiger partial charge in [-0.25, -0.2) is 9.37 Å². The Hall–Kier alpha value is -2.24. The van der Waals surface area contributed by atoms with Crippen LogP contribution in [0.1, 0.15) is 69.8 Å². The lowest BCUT2D eigenvalue weighted by molar-refractivity contribution is -0.0302. The molecule has 4 rings (SSSR count). The smallest absolute Gasteiger partial charge is 0.123 e. The Bertz CT molecular complexity index is 1070. The lowest BCUT2D eigenvalue weighted by Gasteiger charge is -2.44. The number of hydrogen-bond donors (Lipinski definition) is 2. The maximum atomic E-state index is 13.8. The molecular formula is C28H38FN3O. The van der Waals surface area contributed by atoms with E-state index in [4.69, 9.17) is 4.98 Å². The molecule has 0 aliphatic heterocycles. The Morgan fingerprint density at radius 3 is 2.70 bits per heavy atom. The van der Waals surface area contributed by atoms with Crippen molar-refractivity contribution >= 4 is 11.0 Å². The first kappa shape index (κ1) is 23.9. The molecule has 2 N–H and O–H groups in total. The minimum absolute atomic E-state index is 0.0299. The van der Waals surface area contributed by atoms with Crippen LogP contribution in [0.4, 0.5) is 4.39 Å². The second kappa shape index (κ2) is 9.19. The summed E-state index contributed by atoms with van der Waals surface area (Å²) in [4.78, 5) is 10.6. The van der Waals surface area contributed by atoms with Gasteiger partial charge in [-0.1, -0.05) is 45.9 Å². The molecule has 4 nitrogen and oxygen atoms in total. The SMILES string of the molecule is CC(C)C1c2ccc(F)cc2CC[C@]1(O)CCN(C)CCC(C)(C)c1nc2ccccc2[nH]1. The molecular weight excluding hydrogens is 413 g/mol. The number of hydrogen-bond acceptors (Lipinski definition) is 3. The fourth-order valence-electron chi connectivity index (χ4n) is 5.51. The minimum Gasteiger partial charge on any atom is -0.389 e. The number of aryl methyl sites for hydroxylation is 1. The van der Waals surface area contributed by atoms with E-state index in [1.54, 1.807) is 6.07 Å². The van der Waals surface area contributed by atoms with Crippen molar-refractivity contribution in [3.05, 3.63) is 65.2 Å². The van der Waals surface area contributed by atoms with E-state index in [0.717, 1.165) is 53.9 Å². The number of fused-ring (bicyclic) bond motifs is 2. The Kier molecular flexibility index (Phi) is 6.66. The Morgan fingerprint density at radius 2 is 1.97 bits per heavy atom. The van der Waals surface area contributed by atoms with E-state index in [-0.39, 0.29) is 23.1 Å². The fourth-order valence-corrected chi connectivity index (χ4v) is 5.51. The number of nitrogens with one attached hydrogen (secondary N) is 1. The van der Waals surface area contributed by atoms with Crippen molar-refractivity contribution in [2.45, 2.75) is 70.3 Å². The average molecular weight is 452 g/mol. The summed E-state index contributed by atoms with van der Waals surface area (Å²) in [5, 5.41) is 11.7. The number of H-pyrrole nitrogens is 1. The van der Waals surface area contributed by atoms with Crippen LogP contribution in [0.3, 0.4) is 0 Å². The number of rotatable bonds is 8. The normalized spacial score (nSPS) is 21.2. The third-order valence-electron chi connectivity index (χ3n) is 7.59. The highest BCUT2D eigenvalue weighted by atomic mass is 19.1. The van der Waals surface area contributed by atoms with Crippen LogP contribution in [0.5, 0.6) is 0 Å². The van der Waals surface area contributed by atoms with Crippen LogP contribution in [0.25, 0.3) is 11.0 Å². The molecule has 178 valence electrons. The van der Waals surface area contributed by atoms with Gasteiger partial charge in [0.2, 0.25) is 0 Å². The number of para-hydroxylation sites is 2. The summed E-state index contributed by atoms with van der Waals surface area (Å²) < 4.78 is 13.8. The molecule has 0 fully saturated rings. The second-order valence-corrected chi connectivity index (χ2v) is 11.0. The second-order valence-electron chi connectivity index (χ2n) is 11.0. The molecule has 0 saturated carbocycles. The summed E-state index contributed by atoms with van der Waals surface area (Å²) in [6.07, 6.45) is 3.10. The highest BCUT2D eigenvalue weighted by Crippen LogP contribution is 2.45. The number of aromatic amines is 1. The summed E-state index contributed by atoms with van der Waals surface area (Å²) >= 11 is 0. The van der Waals surface area contributed by atoms with E-state index in [1.165, 1.54) is 6.07 Å². The van der Waals surface area contributed by atoms with Gasteiger partial charge in [-0.15, -0.1) is 0 Å². The van der Waals surface area contributed by atoms with E-state index >= 15 is 0 Å². The first-order valence-electron chi connectivity index (χ1n) is 12.2. The summed E-state index contributed by atoms with van der Waals surface area (Å²) in [5.74, 6) is 1.15. The summed E-state index contributed by atoms with van der Waals surface area (Å²) in [6, 6.07) is 13.2. The van der Waals surface area contributed by atoms with E-state index in [9.17, 15) is 9.50 Å². The third-order valence-corrected chi connectivity index (χ3v) is 7.59. The van der Waals surface area contributed by atoms with Crippen LogP contribution in [-0.4, -0.2) is 45.7 Å². The topological polar surface area (TPSA) is 52.1 Å². The Labute approximate surface area is 197 Å². The highest BCUT2D eigenvalue weighted by molar-refractivity contribution is 5.74. The molecule has 3 aromatic rings. The molecule has 2 atom stereocenters. The quantitative estimate of drug-likeness (QED) is 0.454. The van der Waals surface area contributed by atoms with Crippen molar-refractivity contribution in [3.8, 4) is 0 Å². The summed E-state index contributed by atoms with van der Waals surface area (Å²) in [7, 11) is 2.13. The van der Waals surface area contributed by atoms with Crippen LogP contribution >= 0.6 is 0 Å². The fraction of sp³-hybridized carbons (Fsp3) is 0.536. The number of imidazole rings is 1. The summed E-state index contributed by atoms with van der Waals surface area (Å²) in [6.45, 7) is 10.5. The van der Waals surface area contributed by atoms with Gasteiger partial charge in [0, 0.05) is 17.9 Å². The maximum Gasteiger partial charge on any atom is 0.123 e. The zero-order chi connectivity index (χ0) is 23.8. The standard InChI is InChI=1S/C28H38FN3O/c1-19(2)25-22-11-10-21(29)18-20(22)12-13-28(25,33)15-17-32(5)16-14-27(3,4)26-30-23-8-6-7-9-24(23)31-26/h6-11,18-19,25,33H,12-17H2,1-5H3,(H,30,31)/t25?,28-/m0/s1. The van der Waals surface area contributed by atoms with Gasteiger partial charge in [0.1, 0.15) is 11.6 Å². The van der Waals surface area contributed by atoms with Crippen molar-refractivity contribution in [1.82, 2.24) is 14.9 Å².